The number of aryl methyl sites for hydroxylation is 2. The van der Waals surface area contributed by atoms with Crippen LogP contribution in [0.5, 0.6) is 0 Å². The molecule has 0 spiro atoms. The molecule has 2 unspecified atom stereocenters. The zero-order chi connectivity index (χ0) is 21.3. The van der Waals surface area contributed by atoms with Crippen LogP contribution in [0.4, 0.5) is 13.2 Å². The minimum atomic E-state index is -4.31. The second-order valence-electron chi connectivity index (χ2n) is 7.53. The van der Waals surface area contributed by atoms with Gasteiger partial charge in [0.25, 0.3) is 5.91 Å². The molecule has 158 valence electrons. The molecule has 1 aliphatic carbocycles. The number of fused-ring (bicyclic) bond motifs is 1. The monoisotopic (exact) mass is 411 g/mol. The Bertz CT molecular complexity index is 938. The molecule has 0 aromatic carbocycles. The van der Waals surface area contributed by atoms with Crippen molar-refractivity contribution in [2.75, 3.05) is 0 Å². The number of carbonyl (C=O) groups excluding carboxylic acids is 2. The highest BCUT2D eigenvalue weighted by Crippen LogP contribution is 2.37. The van der Waals surface area contributed by atoms with Crippen LogP contribution in [0.15, 0.2) is 6.20 Å². The van der Waals surface area contributed by atoms with Crippen LogP contribution in [0.25, 0.3) is 5.65 Å². The van der Waals surface area contributed by atoms with Crippen LogP contribution in [0.2, 0.25) is 0 Å². The zero-order valence-electron chi connectivity index (χ0n) is 16.3. The fourth-order valence-corrected chi connectivity index (χ4v) is 4.06. The Balaban J connectivity index is 1.72. The van der Waals surface area contributed by atoms with Gasteiger partial charge in [-0.05, 0) is 38.7 Å². The number of nitrogens with one attached hydrogen (secondary N) is 1. The van der Waals surface area contributed by atoms with E-state index in [0.717, 1.165) is 5.56 Å². The maximum absolute atomic E-state index is 13.2. The summed E-state index contributed by atoms with van der Waals surface area (Å²) < 4.78 is 41.1. The van der Waals surface area contributed by atoms with Gasteiger partial charge in [-0.3, -0.25) is 9.59 Å². The van der Waals surface area contributed by atoms with Gasteiger partial charge in [0.2, 0.25) is 5.91 Å². The highest BCUT2D eigenvalue weighted by atomic mass is 19.4. The first-order chi connectivity index (χ1) is 13.6. The van der Waals surface area contributed by atoms with E-state index in [1.54, 1.807) is 13.8 Å². The quantitative estimate of drug-likeness (QED) is 0.789. The zero-order valence-corrected chi connectivity index (χ0v) is 16.3. The second-order valence-corrected chi connectivity index (χ2v) is 7.53. The smallest absolute Gasteiger partial charge is 0.365 e. The Kier molecular flexibility index (Phi) is 5.81. The van der Waals surface area contributed by atoms with Gasteiger partial charge in [-0.2, -0.15) is 18.3 Å². The molecule has 2 aromatic rings. The van der Waals surface area contributed by atoms with Crippen LogP contribution < -0.4 is 11.1 Å². The molecule has 10 heteroatoms. The first-order valence-electron chi connectivity index (χ1n) is 9.59. The van der Waals surface area contributed by atoms with Crippen molar-refractivity contribution in [1.29, 1.82) is 0 Å². The molecule has 3 rings (SSSR count). The summed E-state index contributed by atoms with van der Waals surface area (Å²) in [6.07, 6.45) is -1.02. The lowest BCUT2D eigenvalue weighted by molar-refractivity contribution is -0.189. The summed E-state index contributed by atoms with van der Waals surface area (Å²) in [4.78, 5) is 28.2. The molecule has 2 heterocycles. The highest BCUT2D eigenvalue weighted by molar-refractivity contribution is 5.98. The van der Waals surface area contributed by atoms with Crippen molar-refractivity contribution < 1.29 is 22.8 Å². The first kappa shape index (κ1) is 21.1. The van der Waals surface area contributed by atoms with Gasteiger partial charge >= 0.3 is 6.18 Å². The predicted octanol–water partition coefficient (Wildman–Crippen LogP) is 2.61. The van der Waals surface area contributed by atoms with E-state index in [1.807, 2.05) is 0 Å². The topological polar surface area (TPSA) is 102 Å². The number of halogens is 3. The van der Waals surface area contributed by atoms with Crippen molar-refractivity contribution in [3.63, 3.8) is 0 Å². The maximum atomic E-state index is 13.2. The molecule has 2 aromatic heterocycles. The van der Waals surface area contributed by atoms with Crippen molar-refractivity contribution >= 4 is 17.5 Å². The summed E-state index contributed by atoms with van der Waals surface area (Å²) in [7, 11) is 0. The molecule has 0 bridgehead atoms. The van der Waals surface area contributed by atoms with E-state index < -0.39 is 30.0 Å². The van der Waals surface area contributed by atoms with E-state index in [1.165, 1.54) is 10.7 Å². The molecule has 1 fully saturated rings. The summed E-state index contributed by atoms with van der Waals surface area (Å²) in [5.74, 6) is -2.54. The fourth-order valence-electron chi connectivity index (χ4n) is 4.06. The van der Waals surface area contributed by atoms with Gasteiger partial charge in [-0.25, -0.2) is 9.50 Å². The number of carbonyl (C=O) groups is 2. The van der Waals surface area contributed by atoms with Crippen molar-refractivity contribution in [3.05, 3.63) is 28.7 Å². The van der Waals surface area contributed by atoms with Crippen molar-refractivity contribution in [3.8, 4) is 0 Å². The SMILES string of the molecule is Cc1nc2c(C(N)=O)cnn2c(C)c1CCC(=O)NC1CCCCC1C(F)(F)F. The van der Waals surface area contributed by atoms with Crippen LogP contribution >= 0.6 is 0 Å². The number of amides is 2. The minimum Gasteiger partial charge on any atom is -0.365 e. The molecule has 2 amide bonds. The fraction of sp³-hybridized carbons (Fsp3) is 0.579. The highest BCUT2D eigenvalue weighted by Gasteiger charge is 2.45. The molecule has 1 saturated carbocycles. The average molecular weight is 411 g/mol. The van der Waals surface area contributed by atoms with Gasteiger partial charge in [0.15, 0.2) is 5.65 Å². The maximum Gasteiger partial charge on any atom is 0.393 e. The number of nitrogens with zero attached hydrogens (tertiary/aromatic N) is 3. The predicted molar refractivity (Wildman–Crippen MR) is 99.2 cm³/mol. The minimum absolute atomic E-state index is 0.0416. The van der Waals surface area contributed by atoms with Crippen LogP contribution in [-0.4, -0.2) is 38.6 Å². The molecule has 2 atom stereocenters. The van der Waals surface area contributed by atoms with Gasteiger partial charge in [-0.15, -0.1) is 0 Å². The molecule has 1 aliphatic rings. The number of hydrogen-bond acceptors (Lipinski definition) is 4. The number of primary amides is 1. The van der Waals surface area contributed by atoms with Gasteiger partial charge in [-0.1, -0.05) is 12.8 Å². The number of nitrogens with two attached hydrogens (primary N) is 1. The van der Waals surface area contributed by atoms with Crippen LogP contribution in [-0.2, 0) is 11.2 Å². The van der Waals surface area contributed by atoms with Gasteiger partial charge < -0.3 is 11.1 Å². The lowest BCUT2D eigenvalue weighted by Gasteiger charge is -2.33. The Morgan fingerprint density at radius 2 is 1.97 bits per heavy atom. The molecular weight excluding hydrogens is 387 g/mol. The van der Waals surface area contributed by atoms with Gasteiger partial charge in [0, 0.05) is 23.9 Å². The summed E-state index contributed by atoms with van der Waals surface area (Å²) in [5.41, 5.74) is 7.97. The third-order valence-electron chi connectivity index (χ3n) is 5.61. The van der Waals surface area contributed by atoms with E-state index in [2.05, 4.69) is 15.4 Å². The van der Waals surface area contributed by atoms with Crippen molar-refractivity contribution in [2.24, 2.45) is 11.7 Å². The lowest BCUT2D eigenvalue weighted by atomic mass is 9.84. The lowest BCUT2D eigenvalue weighted by Crippen LogP contribution is -2.47. The second kappa shape index (κ2) is 8.00. The normalized spacial score (nSPS) is 20.0. The number of aromatic nitrogens is 3. The van der Waals surface area contributed by atoms with Crippen molar-refractivity contribution in [1.82, 2.24) is 19.9 Å². The van der Waals surface area contributed by atoms with Gasteiger partial charge in [0.05, 0.1) is 12.1 Å². The molecule has 0 aliphatic heterocycles. The van der Waals surface area contributed by atoms with E-state index in [4.69, 9.17) is 5.73 Å². The third kappa shape index (κ3) is 4.35. The Morgan fingerprint density at radius 1 is 1.28 bits per heavy atom. The Hall–Kier alpha value is -2.65. The Labute approximate surface area is 165 Å². The molecule has 3 N–H and O–H groups in total. The van der Waals surface area contributed by atoms with E-state index in [0.29, 0.717) is 42.7 Å². The standard InChI is InChI=1S/C19H24F3N5O2/c1-10-12(11(2)27-18(25-10)13(9-24-27)17(23)29)7-8-16(28)26-15-6-4-3-5-14(15)19(20,21)22/h9,14-15H,3-8H2,1-2H3,(H2,23,29)(H,26,28). The van der Waals surface area contributed by atoms with Crippen LogP contribution in [0.1, 0.15) is 59.4 Å². The number of hydrogen-bond donors (Lipinski definition) is 2. The molecule has 7 nitrogen and oxygen atoms in total. The van der Waals surface area contributed by atoms with Gasteiger partial charge in [0.1, 0.15) is 5.56 Å². The molecule has 0 radical (unpaired) electrons. The first-order valence-corrected chi connectivity index (χ1v) is 9.59. The van der Waals surface area contributed by atoms with E-state index in [-0.39, 0.29) is 18.4 Å². The van der Waals surface area contributed by atoms with E-state index >= 15 is 0 Å². The summed E-state index contributed by atoms with van der Waals surface area (Å²) >= 11 is 0. The average Bonchev–Trinajstić information content (AvgIpc) is 3.05. The number of rotatable bonds is 5. The largest absolute Gasteiger partial charge is 0.393 e. The molecule has 0 saturated heterocycles. The van der Waals surface area contributed by atoms with Crippen molar-refractivity contribution in [2.45, 2.75) is 64.6 Å². The third-order valence-corrected chi connectivity index (χ3v) is 5.61. The molecule has 29 heavy (non-hydrogen) atoms. The molecular formula is C19H24F3N5O2. The summed E-state index contributed by atoms with van der Waals surface area (Å²) in [5, 5.41) is 6.70. The summed E-state index contributed by atoms with van der Waals surface area (Å²) in [6.45, 7) is 3.53. The summed E-state index contributed by atoms with van der Waals surface area (Å²) in [6, 6.07) is -0.872. The van der Waals surface area contributed by atoms with Crippen LogP contribution in [0.3, 0.4) is 0 Å². The van der Waals surface area contributed by atoms with E-state index in [9.17, 15) is 22.8 Å². The Morgan fingerprint density at radius 3 is 2.62 bits per heavy atom. The number of alkyl halides is 3. The van der Waals surface area contributed by atoms with Crippen LogP contribution in [0, 0.1) is 19.8 Å².